The first-order chi connectivity index (χ1) is 16.0. The fourth-order valence-electron chi connectivity index (χ4n) is 3.31. The van der Waals surface area contributed by atoms with Gasteiger partial charge in [-0.15, -0.1) is 0 Å². The molecule has 0 radical (unpaired) electrons. The third kappa shape index (κ3) is 5.15. The van der Waals surface area contributed by atoms with Crippen molar-refractivity contribution in [2.75, 3.05) is 11.1 Å². The van der Waals surface area contributed by atoms with E-state index in [1.807, 2.05) is 20.8 Å². The van der Waals surface area contributed by atoms with Gasteiger partial charge in [-0.1, -0.05) is 29.4 Å². The molecule has 0 unspecified atom stereocenters. The molecular formula is C23H27F3N6O3. The van der Waals surface area contributed by atoms with Gasteiger partial charge in [0.15, 0.2) is 11.6 Å². The van der Waals surface area contributed by atoms with Crippen molar-refractivity contribution in [3.63, 3.8) is 0 Å². The van der Waals surface area contributed by atoms with Crippen LogP contribution in [0.15, 0.2) is 34.9 Å². The molecule has 0 spiro atoms. The van der Waals surface area contributed by atoms with E-state index in [4.69, 9.17) is 16.0 Å². The summed E-state index contributed by atoms with van der Waals surface area (Å²) in [7, 11) is 0. The number of amides is 2. The number of anilines is 2. The second-order valence-corrected chi connectivity index (χ2v) is 9.68. The molecule has 0 aliphatic rings. The Labute approximate surface area is 199 Å². The van der Waals surface area contributed by atoms with Gasteiger partial charge in [0.25, 0.3) is 5.91 Å². The lowest BCUT2D eigenvalue weighted by atomic mass is 9.89. The number of rotatable bonds is 6. The molecule has 0 fully saturated rings. The smallest absolute Gasteiger partial charge is 0.383 e. The second kappa shape index (κ2) is 8.75. The molecule has 2 aromatic heterocycles. The highest BCUT2D eigenvalue weighted by Gasteiger charge is 2.51. The molecule has 2 amide bonds. The number of nitrogens with two attached hydrogens (primary N) is 2. The lowest BCUT2D eigenvalue weighted by Gasteiger charge is -2.24. The first-order valence-corrected chi connectivity index (χ1v) is 10.6. The molecular weight excluding hydrogens is 465 g/mol. The topological polar surface area (TPSA) is 142 Å². The molecule has 0 aliphatic heterocycles. The highest BCUT2D eigenvalue weighted by molar-refractivity contribution is 6.03. The minimum Gasteiger partial charge on any atom is -0.383 e. The average Bonchev–Trinajstić information content (AvgIpc) is 3.32. The fourth-order valence-corrected chi connectivity index (χ4v) is 3.31. The van der Waals surface area contributed by atoms with Crippen LogP contribution in [0.4, 0.5) is 24.8 Å². The van der Waals surface area contributed by atoms with Gasteiger partial charge in [0, 0.05) is 11.6 Å². The number of hydrogen-bond acceptors (Lipinski definition) is 6. The predicted octanol–water partition coefficient (Wildman–Crippen LogP) is 4.00. The highest BCUT2D eigenvalue weighted by atomic mass is 19.4. The number of halogens is 3. The van der Waals surface area contributed by atoms with E-state index in [0.29, 0.717) is 16.8 Å². The molecule has 5 N–H and O–H groups in total. The van der Waals surface area contributed by atoms with Crippen molar-refractivity contribution < 1.29 is 27.3 Å². The number of aromatic nitrogens is 3. The van der Waals surface area contributed by atoms with Crippen LogP contribution in [0, 0.1) is 0 Å². The first-order valence-electron chi connectivity index (χ1n) is 10.6. The van der Waals surface area contributed by atoms with E-state index in [-0.39, 0.29) is 23.6 Å². The van der Waals surface area contributed by atoms with Crippen molar-refractivity contribution in [1.82, 2.24) is 14.9 Å². The first kappa shape index (κ1) is 25.8. The quantitative estimate of drug-likeness (QED) is 0.475. The number of nitrogens with zero attached hydrogens (tertiary/aromatic N) is 3. The maximum absolute atomic E-state index is 13.2. The van der Waals surface area contributed by atoms with E-state index >= 15 is 0 Å². The summed E-state index contributed by atoms with van der Waals surface area (Å²) in [4.78, 5) is 24.4. The van der Waals surface area contributed by atoms with E-state index in [1.165, 1.54) is 4.68 Å². The number of alkyl halides is 3. The average molecular weight is 493 g/mol. The number of hydrogen-bond donors (Lipinski definition) is 3. The van der Waals surface area contributed by atoms with Gasteiger partial charge in [-0.2, -0.15) is 18.3 Å². The van der Waals surface area contributed by atoms with Gasteiger partial charge >= 0.3 is 6.18 Å². The summed E-state index contributed by atoms with van der Waals surface area (Å²) in [5.74, 6) is -1.58. The van der Waals surface area contributed by atoms with E-state index in [9.17, 15) is 22.8 Å². The summed E-state index contributed by atoms with van der Waals surface area (Å²) in [6.07, 6.45) is -4.62. The van der Waals surface area contributed by atoms with Crippen LogP contribution >= 0.6 is 0 Å². The van der Waals surface area contributed by atoms with Crippen LogP contribution in [-0.4, -0.2) is 32.9 Å². The number of carbonyl (C=O) groups excluding carboxylic acids is 2. The van der Waals surface area contributed by atoms with Crippen molar-refractivity contribution >= 4 is 23.5 Å². The zero-order chi connectivity index (χ0) is 26.3. The molecule has 0 bridgehead atoms. The Morgan fingerprint density at radius 3 is 2.20 bits per heavy atom. The van der Waals surface area contributed by atoms with Gasteiger partial charge in [0.1, 0.15) is 22.5 Å². The van der Waals surface area contributed by atoms with Gasteiger partial charge in [-0.3, -0.25) is 9.59 Å². The zero-order valence-electron chi connectivity index (χ0n) is 19.9. The standard InChI is InChI=1S/C23H27F3N6O3/c1-21(2,3)32-19(27)17(20(28)34)18(30-32)13-8-6-12(7-9-13)10-16(33)29-15-11-14(35-31-15)22(4,5)23(24,25)26/h6-9,11H,10,27H2,1-5H3,(H2,28,34)(H,29,31,33). The lowest BCUT2D eigenvalue weighted by molar-refractivity contribution is -0.185. The highest BCUT2D eigenvalue weighted by Crippen LogP contribution is 2.41. The molecule has 0 saturated carbocycles. The zero-order valence-corrected chi connectivity index (χ0v) is 19.9. The summed E-state index contributed by atoms with van der Waals surface area (Å²) in [6.45, 7) is 7.57. The molecule has 3 aromatic rings. The third-order valence-electron chi connectivity index (χ3n) is 5.50. The molecule has 12 heteroatoms. The second-order valence-electron chi connectivity index (χ2n) is 9.68. The molecule has 0 saturated heterocycles. The summed E-state index contributed by atoms with van der Waals surface area (Å²) in [6, 6.07) is 7.71. The Bertz CT molecular complexity index is 1250. The molecule has 35 heavy (non-hydrogen) atoms. The Kier molecular flexibility index (Phi) is 6.45. The van der Waals surface area contributed by atoms with E-state index in [2.05, 4.69) is 15.6 Å². The lowest BCUT2D eigenvalue weighted by Crippen LogP contribution is -2.35. The van der Waals surface area contributed by atoms with Crippen LogP contribution in [0.1, 0.15) is 56.3 Å². The Morgan fingerprint density at radius 2 is 1.69 bits per heavy atom. The van der Waals surface area contributed by atoms with E-state index in [1.54, 1.807) is 24.3 Å². The summed E-state index contributed by atoms with van der Waals surface area (Å²) >= 11 is 0. The molecule has 2 heterocycles. The van der Waals surface area contributed by atoms with E-state index in [0.717, 1.165) is 19.9 Å². The van der Waals surface area contributed by atoms with E-state index < -0.39 is 34.7 Å². The molecule has 1 aromatic carbocycles. The Hall–Kier alpha value is -3.83. The van der Waals surface area contributed by atoms with Gasteiger partial charge in [0.2, 0.25) is 5.91 Å². The van der Waals surface area contributed by atoms with Gasteiger partial charge in [-0.05, 0) is 40.2 Å². The monoisotopic (exact) mass is 492 g/mol. The van der Waals surface area contributed by atoms with Crippen molar-refractivity contribution in [3.8, 4) is 11.3 Å². The molecule has 188 valence electrons. The number of nitrogens with one attached hydrogen (secondary N) is 1. The maximum atomic E-state index is 13.2. The number of benzene rings is 1. The molecule has 3 rings (SSSR count). The predicted molar refractivity (Wildman–Crippen MR) is 124 cm³/mol. The largest absolute Gasteiger partial charge is 0.401 e. The van der Waals surface area contributed by atoms with Crippen LogP contribution in [0.5, 0.6) is 0 Å². The normalized spacial score (nSPS) is 12.6. The third-order valence-corrected chi connectivity index (χ3v) is 5.50. The fraction of sp³-hybridized carbons (Fsp3) is 0.391. The van der Waals surface area contributed by atoms with Gasteiger partial charge in [0.05, 0.1) is 12.0 Å². The number of primary amides is 1. The Morgan fingerprint density at radius 1 is 1.09 bits per heavy atom. The number of nitrogen functional groups attached to an aromatic ring is 1. The SMILES string of the molecule is CC(C)(C)n1nc(-c2ccc(CC(=O)Nc3cc(C(C)(C)C(F)(F)F)on3)cc2)c(C(N)=O)c1N. The van der Waals surface area contributed by atoms with Crippen molar-refractivity contribution in [2.45, 2.75) is 58.2 Å². The van der Waals surface area contributed by atoms with Gasteiger partial charge in [-0.25, -0.2) is 4.68 Å². The molecule has 9 nitrogen and oxygen atoms in total. The minimum absolute atomic E-state index is 0.0770. The van der Waals surface area contributed by atoms with Crippen LogP contribution < -0.4 is 16.8 Å². The minimum atomic E-state index is -4.54. The Balaban J connectivity index is 1.76. The molecule has 0 aliphatic carbocycles. The summed E-state index contributed by atoms with van der Waals surface area (Å²) < 4.78 is 45.8. The number of carbonyl (C=O) groups is 2. The van der Waals surface area contributed by atoms with Crippen molar-refractivity contribution in [2.24, 2.45) is 5.73 Å². The maximum Gasteiger partial charge on any atom is 0.401 e. The van der Waals surface area contributed by atoms with Gasteiger partial charge < -0.3 is 21.3 Å². The van der Waals surface area contributed by atoms with Crippen LogP contribution in [0.2, 0.25) is 0 Å². The summed E-state index contributed by atoms with van der Waals surface area (Å²) in [5.41, 5.74) is 10.5. The van der Waals surface area contributed by atoms with Crippen LogP contribution in [0.3, 0.4) is 0 Å². The summed E-state index contributed by atoms with van der Waals surface area (Å²) in [5, 5.41) is 10.4. The van der Waals surface area contributed by atoms with Crippen molar-refractivity contribution in [1.29, 1.82) is 0 Å². The van der Waals surface area contributed by atoms with Crippen LogP contribution in [0.25, 0.3) is 11.3 Å². The van der Waals surface area contributed by atoms with Crippen molar-refractivity contribution in [3.05, 3.63) is 47.2 Å². The van der Waals surface area contributed by atoms with Crippen LogP contribution in [-0.2, 0) is 22.2 Å². The molecule has 0 atom stereocenters.